The van der Waals surface area contributed by atoms with Gasteiger partial charge in [0.05, 0.1) is 0 Å². The summed E-state index contributed by atoms with van der Waals surface area (Å²) in [6, 6.07) is 0.254. The van der Waals surface area contributed by atoms with E-state index in [-0.39, 0.29) is 6.04 Å². The molecule has 0 unspecified atom stereocenters. The van der Waals surface area contributed by atoms with E-state index in [4.69, 9.17) is 5.73 Å². The Morgan fingerprint density at radius 3 is 2.77 bits per heavy atom. The summed E-state index contributed by atoms with van der Waals surface area (Å²) in [7, 11) is 0. The molecule has 4 heteroatoms. The van der Waals surface area contributed by atoms with Crippen molar-refractivity contribution < 1.29 is 9.90 Å². The Bertz CT molecular complexity index is 188. The zero-order chi connectivity index (χ0) is 9.90. The van der Waals surface area contributed by atoms with E-state index < -0.39 is 11.6 Å². The standard InChI is InChI=1S/C9H18N2O2/c1-2-3-6-9(10,13)8(12)11-7-4-5-7/h7,13H,2-6,10H2,1H3,(H,11,12)/t9-/m0/s1. The zero-order valence-corrected chi connectivity index (χ0v) is 8.05. The van der Waals surface area contributed by atoms with Gasteiger partial charge in [0.25, 0.3) is 5.91 Å². The van der Waals surface area contributed by atoms with E-state index in [1.807, 2.05) is 6.92 Å². The smallest absolute Gasteiger partial charge is 0.267 e. The first-order valence-corrected chi connectivity index (χ1v) is 4.88. The Kier molecular flexibility index (Phi) is 3.27. The Morgan fingerprint density at radius 2 is 2.31 bits per heavy atom. The van der Waals surface area contributed by atoms with Crippen LogP contribution in [0, 0.1) is 0 Å². The molecule has 0 aromatic carbocycles. The number of nitrogens with two attached hydrogens (primary N) is 1. The van der Waals surface area contributed by atoms with Gasteiger partial charge >= 0.3 is 0 Å². The van der Waals surface area contributed by atoms with Crippen LogP contribution in [0.4, 0.5) is 0 Å². The minimum Gasteiger partial charge on any atom is -0.368 e. The maximum atomic E-state index is 11.3. The van der Waals surface area contributed by atoms with Gasteiger partial charge in [0.1, 0.15) is 0 Å². The van der Waals surface area contributed by atoms with E-state index >= 15 is 0 Å². The molecule has 0 spiro atoms. The van der Waals surface area contributed by atoms with E-state index in [2.05, 4.69) is 5.32 Å². The van der Waals surface area contributed by atoms with E-state index in [0.29, 0.717) is 6.42 Å². The van der Waals surface area contributed by atoms with Gasteiger partial charge < -0.3 is 10.4 Å². The summed E-state index contributed by atoms with van der Waals surface area (Å²) in [5.74, 6) is -0.427. The van der Waals surface area contributed by atoms with Crippen molar-refractivity contribution in [2.45, 2.75) is 50.8 Å². The van der Waals surface area contributed by atoms with Crippen molar-refractivity contribution in [2.75, 3.05) is 0 Å². The fraction of sp³-hybridized carbons (Fsp3) is 0.889. The predicted molar refractivity (Wildman–Crippen MR) is 49.8 cm³/mol. The molecule has 1 aliphatic carbocycles. The highest BCUT2D eigenvalue weighted by atomic mass is 16.3. The molecule has 0 bridgehead atoms. The van der Waals surface area contributed by atoms with E-state index in [1.54, 1.807) is 0 Å². The van der Waals surface area contributed by atoms with Crippen LogP contribution in [0.1, 0.15) is 39.0 Å². The van der Waals surface area contributed by atoms with Gasteiger partial charge in [-0.2, -0.15) is 0 Å². The van der Waals surface area contributed by atoms with Crippen LogP contribution in [-0.4, -0.2) is 22.8 Å². The lowest BCUT2D eigenvalue weighted by atomic mass is 10.1. The molecule has 4 N–H and O–H groups in total. The second kappa shape index (κ2) is 4.07. The molecule has 0 aliphatic heterocycles. The van der Waals surface area contributed by atoms with Crippen LogP contribution >= 0.6 is 0 Å². The third kappa shape index (κ3) is 3.32. The summed E-state index contributed by atoms with van der Waals surface area (Å²) in [6.45, 7) is 1.99. The lowest BCUT2D eigenvalue weighted by Gasteiger charge is -2.21. The third-order valence-electron chi connectivity index (χ3n) is 2.22. The molecular formula is C9H18N2O2. The molecule has 0 aromatic rings. The van der Waals surface area contributed by atoms with E-state index in [9.17, 15) is 9.90 Å². The molecular weight excluding hydrogens is 168 g/mol. The average molecular weight is 186 g/mol. The van der Waals surface area contributed by atoms with Crippen LogP contribution in [0.3, 0.4) is 0 Å². The van der Waals surface area contributed by atoms with Crippen molar-refractivity contribution in [1.82, 2.24) is 5.32 Å². The van der Waals surface area contributed by atoms with Crippen LogP contribution < -0.4 is 11.1 Å². The predicted octanol–water partition coefficient (Wildman–Crippen LogP) is 0.102. The molecule has 1 atom stereocenters. The molecule has 1 amide bonds. The van der Waals surface area contributed by atoms with Crippen LogP contribution in [0.2, 0.25) is 0 Å². The topological polar surface area (TPSA) is 75.3 Å². The number of rotatable bonds is 5. The molecule has 13 heavy (non-hydrogen) atoms. The number of aliphatic hydroxyl groups is 1. The summed E-state index contributed by atoms with van der Waals surface area (Å²) in [6.07, 6.45) is 4.05. The molecule has 1 rings (SSSR count). The van der Waals surface area contributed by atoms with Crippen molar-refractivity contribution >= 4 is 5.91 Å². The monoisotopic (exact) mass is 186 g/mol. The number of unbranched alkanes of at least 4 members (excludes halogenated alkanes) is 1. The van der Waals surface area contributed by atoms with Crippen molar-refractivity contribution in [3.8, 4) is 0 Å². The van der Waals surface area contributed by atoms with Gasteiger partial charge in [-0.3, -0.25) is 10.5 Å². The summed E-state index contributed by atoms with van der Waals surface area (Å²) in [5, 5.41) is 12.2. The van der Waals surface area contributed by atoms with Crippen molar-refractivity contribution in [2.24, 2.45) is 5.73 Å². The normalized spacial score (nSPS) is 20.8. The minimum atomic E-state index is -1.67. The minimum absolute atomic E-state index is 0.254. The lowest BCUT2D eigenvalue weighted by molar-refractivity contribution is -0.140. The number of carbonyl (C=O) groups excluding carboxylic acids is 1. The third-order valence-corrected chi connectivity index (χ3v) is 2.22. The second-order valence-corrected chi connectivity index (χ2v) is 3.78. The van der Waals surface area contributed by atoms with Crippen LogP contribution in [-0.2, 0) is 4.79 Å². The Morgan fingerprint density at radius 1 is 1.69 bits per heavy atom. The molecule has 76 valence electrons. The molecule has 0 radical (unpaired) electrons. The SMILES string of the molecule is CCCC[C@](N)(O)C(=O)NC1CC1. The zero-order valence-electron chi connectivity index (χ0n) is 8.05. The van der Waals surface area contributed by atoms with Gasteiger partial charge in [-0.15, -0.1) is 0 Å². The van der Waals surface area contributed by atoms with Crippen LogP contribution in [0.25, 0.3) is 0 Å². The first kappa shape index (κ1) is 10.5. The van der Waals surface area contributed by atoms with Crippen molar-refractivity contribution in [3.05, 3.63) is 0 Å². The molecule has 1 saturated carbocycles. The summed E-state index contributed by atoms with van der Waals surface area (Å²) in [5.41, 5.74) is 3.80. The Balaban J connectivity index is 2.31. The quantitative estimate of drug-likeness (QED) is 0.533. The first-order valence-electron chi connectivity index (χ1n) is 4.88. The fourth-order valence-corrected chi connectivity index (χ4v) is 1.10. The maximum Gasteiger partial charge on any atom is 0.267 e. The summed E-state index contributed by atoms with van der Waals surface area (Å²) in [4.78, 5) is 11.3. The van der Waals surface area contributed by atoms with Gasteiger partial charge in [0.2, 0.25) is 0 Å². The summed E-state index contributed by atoms with van der Waals surface area (Å²) >= 11 is 0. The highest BCUT2D eigenvalue weighted by Gasteiger charge is 2.34. The number of hydrogen-bond donors (Lipinski definition) is 3. The summed E-state index contributed by atoms with van der Waals surface area (Å²) < 4.78 is 0. The van der Waals surface area contributed by atoms with E-state index in [0.717, 1.165) is 25.7 Å². The Labute approximate surface area is 78.5 Å². The van der Waals surface area contributed by atoms with Gasteiger partial charge in [0.15, 0.2) is 5.72 Å². The van der Waals surface area contributed by atoms with Gasteiger partial charge in [-0.05, 0) is 25.7 Å². The lowest BCUT2D eigenvalue weighted by Crippen LogP contribution is -2.54. The first-order chi connectivity index (χ1) is 6.06. The number of amides is 1. The molecule has 0 heterocycles. The van der Waals surface area contributed by atoms with Crippen molar-refractivity contribution in [3.63, 3.8) is 0 Å². The molecule has 4 nitrogen and oxygen atoms in total. The highest BCUT2D eigenvalue weighted by Crippen LogP contribution is 2.20. The molecule has 1 aliphatic rings. The van der Waals surface area contributed by atoms with Crippen LogP contribution in [0.15, 0.2) is 0 Å². The number of carbonyl (C=O) groups is 1. The number of nitrogens with one attached hydrogen (secondary N) is 1. The molecule has 0 aromatic heterocycles. The fourth-order valence-electron chi connectivity index (χ4n) is 1.10. The Hall–Kier alpha value is -0.610. The average Bonchev–Trinajstić information content (AvgIpc) is 2.84. The van der Waals surface area contributed by atoms with Gasteiger partial charge in [0, 0.05) is 6.04 Å². The molecule has 0 saturated heterocycles. The number of hydrogen-bond acceptors (Lipinski definition) is 3. The van der Waals surface area contributed by atoms with Gasteiger partial charge in [-0.1, -0.05) is 13.3 Å². The second-order valence-electron chi connectivity index (χ2n) is 3.78. The maximum absolute atomic E-state index is 11.3. The molecule has 1 fully saturated rings. The van der Waals surface area contributed by atoms with Crippen LogP contribution in [0.5, 0.6) is 0 Å². The highest BCUT2D eigenvalue weighted by molar-refractivity contribution is 5.84. The van der Waals surface area contributed by atoms with Crippen molar-refractivity contribution in [1.29, 1.82) is 0 Å². The largest absolute Gasteiger partial charge is 0.368 e. The van der Waals surface area contributed by atoms with Gasteiger partial charge in [-0.25, -0.2) is 0 Å². The van der Waals surface area contributed by atoms with E-state index in [1.165, 1.54) is 0 Å².